The Morgan fingerprint density at radius 1 is 1.00 bits per heavy atom. The van der Waals surface area contributed by atoms with Crippen molar-refractivity contribution in [1.29, 1.82) is 0 Å². The summed E-state index contributed by atoms with van der Waals surface area (Å²) < 4.78 is 35.6. The van der Waals surface area contributed by atoms with E-state index < -0.39 is 10.0 Å². The fraction of sp³-hybridized carbons (Fsp3) is 0.214. The summed E-state index contributed by atoms with van der Waals surface area (Å²) in [5.74, 6) is 0.839. The van der Waals surface area contributed by atoms with Crippen molar-refractivity contribution >= 4 is 38.1 Å². The summed E-state index contributed by atoms with van der Waals surface area (Å²) >= 11 is 6.20. The highest BCUT2D eigenvalue weighted by Gasteiger charge is 2.29. The van der Waals surface area contributed by atoms with Gasteiger partial charge in [0.2, 0.25) is 10.0 Å². The van der Waals surface area contributed by atoms with Crippen molar-refractivity contribution < 1.29 is 13.2 Å². The maximum absolute atomic E-state index is 13.2. The number of fused-ring (bicyclic) bond motifs is 1. The number of halogens is 1. The Labute approximate surface area is 211 Å². The zero-order valence-electron chi connectivity index (χ0n) is 19.7. The van der Waals surface area contributed by atoms with Gasteiger partial charge in [-0.1, -0.05) is 60.1 Å². The molecule has 0 radical (unpaired) electrons. The van der Waals surface area contributed by atoms with Gasteiger partial charge in [-0.15, -0.1) is 0 Å². The Bertz CT molecular complexity index is 1540. The summed E-state index contributed by atoms with van der Waals surface area (Å²) in [5.41, 5.74) is 5.86. The van der Waals surface area contributed by atoms with Crippen molar-refractivity contribution in [2.45, 2.75) is 24.8 Å². The third kappa shape index (κ3) is 4.38. The van der Waals surface area contributed by atoms with E-state index in [-0.39, 0.29) is 9.92 Å². The first-order valence-corrected chi connectivity index (χ1v) is 13.4. The van der Waals surface area contributed by atoms with Gasteiger partial charge in [0.15, 0.2) is 0 Å². The standard InChI is InChI=1S/C28H27ClN2O3S/c1-20-28(22-14-16-30(17-15-22)35(32,33)27-13-6-4-11-25(27)29)24-10-3-5-12-26(24)31(20)19-21-8-7-9-23(18-21)34-2/h3-14,18H,15-17,19H2,1-2H3. The van der Waals surface area contributed by atoms with Gasteiger partial charge in [-0.3, -0.25) is 0 Å². The molecule has 0 fully saturated rings. The van der Waals surface area contributed by atoms with E-state index in [1.54, 1.807) is 31.4 Å². The number of sulfonamides is 1. The van der Waals surface area contributed by atoms with Crippen molar-refractivity contribution in [3.63, 3.8) is 0 Å². The number of aromatic nitrogens is 1. The van der Waals surface area contributed by atoms with Crippen LogP contribution in [-0.4, -0.2) is 37.5 Å². The van der Waals surface area contributed by atoms with E-state index in [9.17, 15) is 8.42 Å². The third-order valence-electron chi connectivity index (χ3n) is 6.65. The first kappa shape index (κ1) is 23.7. The molecule has 0 bridgehead atoms. The molecule has 180 valence electrons. The molecule has 3 aromatic carbocycles. The first-order valence-electron chi connectivity index (χ1n) is 11.5. The van der Waals surface area contributed by atoms with Gasteiger partial charge in [0.05, 0.1) is 12.1 Å². The minimum Gasteiger partial charge on any atom is -0.497 e. The number of benzene rings is 3. The van der Waals surface area contributed by atoms with Crippen molar-refractivity contribution in [3.05, 3.63) is 101 Å². The summed E-state index contributed by atoms with van der Waals surface area (Å²) in [6, 6.07) is 23.1. The van der Waals surface area contributed by atoms with Gasteiger partial charge in [0.25, 0.3) is 0 Å². The fourth-order valence-corrected chi connectivity index (χ4v) is 6.76. The average molecular weight is 507 g/mol. The molecule has 0 N–H and O–H groups in total. The number of ether oxygens (including phenoxy) is 1. The van der Waals surface area contributed by atoms with E-state index >= 15 is 0 Å². The number of para-hydroxylation sites is 1. The minimum absolute atomic E-state index is 0.157. The largest absolute Gasteiger partial charge is 0.497 e. The predicted molar refractivity (Wildman–Crippen MR) is 142 cm³/mol. The zero-order valence-corrected chi connectivity index (χ0v) is 21.3. The molecule has 0 saturated carbocycles. The Morgan fingerprint density at radius 2 is 1.77 bits per heavy atom. The summed E-state index contributed by atoms with van der Waals surface area (Å²) in [7, 11) is -1.97. The van der Waals surface area contributed by atoms with E-state index in [0.29, 0.717) is 19.5 Å². The van der Waals surface area contributed by atoms with Crippen LogP contribution in [0.4, 0.5) is 0 Å². The van der Waals surface area contributed by atoms with Gasteiger partial charge in [0.1, 0.15) is 10.6 Å². The molecule has 2 heterocycles. The molecule has 7 heteroatoms. The highest BCUT2D eigenvalue weighted by atomic mass is 35.5. The van der Waals surface area contributed by atoms with Crippen molar-refractivity contribution in [3.8, 4) is 5.75 Å². The summed E-state index contributed by atoms with van der Waals surface area (Å²) in [5, 5.41) is 1.43. The monoisotopic (exact) mass is 506 g/mol. The normalized spacial score (nSPS) is 14.8. The lowest BCUT2D eigenvalue weighted by atomic mass is 9.97. The molecular formula is C28H27ClN2O3S. The molecule has 5 nitrogen and oxygen atoms in total. The number of hydrogen-bond donors (Lipinski definition) is 0. The van der Waals surface area contributed by atoms with Crippen molar-refractivity contribution in [1.82, 2.24) is 8.87 Å². The van der Waals surface area contributed by atoms with Crippen LogP contribution in [0.15, 0.2) is 83.8 Å². The third-order valence-corrected chi connectivity index (χ3v) is 9.02. The smallest absolute Gasteiger partial charge is 0.244 e. The van der Waals surface area contributed by atoms with Gasteiger partial charge < -0.3 is 9.30 Å². The van der Waals surface area contributed by atoms with E-state index in [2.05, 4.69) is 47.9 Å². The van der Waals surface area contributed by atoms with Crippen LogP contribution in [0.5, 0.6) is 5.75 Å². The second kappa shape index (κ2) is 9.53. The number of rotatable bonds is 6. The molecule has 5 rings (SSSR count). The molecule has 0 atom stereocenters. The molecule has 0 saturated heterocycles. The maximum Gasteiger partial charge on any atom is 0.244 e. The Hall–Kier alpha value is -3.06. The molecule has 0 spiro atoms. The van der Waals surface area contributed by atoms with Gasteiger partial charge in [-0.2, -0.15) is 4.31 Å². The molecular weight excluding hydrogens is 480 g/mol. The van der Waals surface area contributed by atoms with Gasteiger partial charge in [-0.05, 0) is 54.8 Å². The van der Waals surface area contributed by atoms with E-state index in [1.165, 1.54) is 26.5 Å². The van der Waals surface area contributed by atoms with Crippen LogP contribution < -0.4 is 4.74 Å². The Balaban J connectivity index is 1.50. The Kier molecular flexibility index (Phi) is 6.45. The molecule has 1 aliphatic heterocycles. The van der Waals surface area contributed by atoms with Crippen LogP contribution in [0.1, 0.15) is 23.2 Å². The van der Waals surface area contributed by atoms with Crippen LogP contribution in [0, 0.1) is 6.92 Å². The molecule has 35 heavy (non-hydrogen) atoms. The van der Waals surface area contributed by atoms with Crippen molar-refractivity contribution in [2.75, 3.05) is 20.2 Å². The van der Waals surface area contributed by atoms with Gasteiger partial charge in [0, 0.05) is 41.8 Å². The van der Waals surface area contributed by atoms with Crippen molar-refractivity contribution in [2.24, 2.45) is 0 Å². The molecule has 0 amide bonds. The van der Waals surface area contributed by atoms with Crippen LogP contribution in [-0.2, 0) is 16.6 Å². The van der Waals surface area contributed by atoms with E-state index in [4.69, 9.17) is 16.3 Å². The lowest BCUT2D eigenvalue weighted by Gasteiger charge is -2.26. The quantitative estimate of drug-likeness (QED) is 0.315. The number of hydrogen-bond acceptors (Lipinski definition) is 3. The molecule has 1 aliphatic rings. The topological polar surface area (TPSA) is 51.5 Å². The number of nitrogens with zero attached hydrogens (tertiary/aromatic N) is 2. The highest BCUT2D eigenvalue weighted by molar-refractivity contribution is 7.89. The first-order chi connectivity index (χ1) is 16.9. The fourth-order valence-electron chi connectivity index (χ4n) is 4.88. The second-order valence-corrected chi connectivity index (χ2v) is 11.0. The Morgan fingerprint density at radius 3 is 2.51 bits per heavy atom. The average Bonchev–Trinajstić information content (AvgIpc) is 3.15. The van der Waals surface area contributed by atoms with Gasteiger partial charge >= 0.3 is 0 Å². The summed E-state index contributed by atoms with van der Waals surface area (Å²) in [4.78, 5) is 0.157. The summed E-state index contributed by atoms with van der Waals surface area (Å²) in [6.07, 6.45) is 2.68. The summed E-state index contributed by atoms with van der Waals surface area (Å²) in [6.45, 7) is 3.60. The minimum atomic E-state index is -3.65. The number of methoxy groups -OCH3 is 1. The second-order valence-electron chi connectivity index (χ2n) is 8.69. The molecule has 0 aliphatic carbocycles. The zero-order chi connectivity index (χ0) is 24.6. The molecule has 4 aromatic rings. The van der Waals surface area contributed by atoms with E-state index in [1.807, 2.05) is 18.2 Å². The van der Waals surface area contributed by atoms with Crippen LogP contribution in [0.2, 0.25) is 5.02 Å². The van der Waals surface area contributed by atoms with Crippen LogP contribution >= 0.6 is 11.6 Å². The SMILES string of the molecule is COc1cccc(Cn2c(C)c(C3=CCN(S(=O)(=O)c4ccccc4Cl)CC3)c3ccccc32)c1. The molecule has 0 unspecified atom stereocenters. The maximum atomic E-state index is 13.2. The predicted octanol–water partition coefficient (Wildman–Crippen LogP) is 6.14. The molecule has 1 aromatic heterocycles. The van der Waals surface area contributed by atoms with Crippen LogP contribution in [0.3, 0.4) is 0 Å². The van der Waals surface area contributed by atoms with Crippen LogP contribution in [0.25, 0.3) is 16.5 Å². The highest BCUT2D eigenvalue weighted by Crippen LogP contribution is 2.36. The van der Waals surface area contributed by atoms with Gasteiger partial charge in [-0.25, -0.2) is 8.42 Å². The lowest BCUT2D eigenvalue weighted by molar-refractivity contribution is 0.414. The van der Waals surface area contributed by atoms with E-state index in [0.717, 1.165) is 23.4 Å². The lowest BCUT2D eigenvalue weighted by Crippen LogP contribution is -2.34.